The minimum Gasteiger partial charge on any atom is -0.296 e. The Morgan fingerprint density at radius 3 is 2.83 bits per heavy atom. The van der Waals surface area contributed by atoms with Crippen molar-refractivity contribution in [2.24, 2.45) is 0 Å². The van der Waals surface area contributed by atoms with Gasteiger partial charge in [-0.1, -0.05) is 11.3 Å². The van der Waals surface area contributed by atoms with Gasteiger partial charge in [0.15, 0.2) is 5.13 Å². The summed E-state index contributed by atoms with van der Waals surface area (Å²) in [6.07, 6.45) is 2.04. The van der Waals surface area contributed by atoms with Crippen LogP contribution in [0.25, 0.3) is 10.2 Å². The number of thioether (sulfide) groups is 1. The summed E-state index contributed by atoms with van der Waals surface area (Å²) < 4.78 is 2.81. The smallest absolute Gasteiger partial charge is 0.275 e. The van der Waals surface area contributed by atoms with E-state index in [1.54, 1.807) is 22.5 Å². The van der Waals surface area contributed by atoms with E-state index >= 15 is 0 Å². The standard InChI is InChI=1S/C16H18N4OS2/c1-9(2)20-13(7-10(3)19-20)15(21)18-16-17-12-6-5-11(22-4)8-14(12)23-16/h5-9H,1-4H3,(H,17,18,21). The molecule has 0 spiro atoms. The highest BCUT2D eigenvalue weighted by molar-refractivity contribution is 7.98. The zero-order valence-corrected chi connectivity index (χ0v) is 15.1. The normalized spacial score (nSPS) is 11.3. The SMILES string of the molecule is CSc1ccc2nc(NC(=O)c3cc(C)nn3C(C)C)sc2c1. The van der Waals surface area contributed by atoms with E-state index in [1.807, 2.05) is 39.2 Å². The van der Waals surface area contributed by atoms with E-state index in [1.165, 1.54) is 16.2 Å². The lowest BCUT2D eigenvalue weighted by molar-refractivity contribution is 0.101. The van der Waals surface area contributed by atoms with E-state index in [2.05, 4.69) is 21.5 Å². The van der Waals surface area contributed by atoms with Crippen molar-refractivity contribution in [3.8, 4) is 0 Å². The van der Waals surface area contributed by atoms with Crippen LogP contribution in [0.5, 0.6) is 0 Å². The lowest BCUT2D eigenvalue weighted by Gasteiger charge is -2.09. The number of carbonyl (C=O) groups excluding carboxylic acids is 1. The van der Waals surface area contributed by atoms with E-state index < -0.39 is 0 Å². The summed E-state index contributed by atoms with van der Waals surface area (Å²) in [6, 6.07) is 8.04. The van der Waals surface area contributed by atoms with Gasteiger partial charge in [0, 0.05) is 10.9 Å². The Morgan fingerprint density at radius 2 is 2.13 bits per heavy atom. The molecular weight excluding hydrogens is 328 g/mol. The highest BCUT2D eigenvalue weighted by Crippen LogP contribution is 2.29. The molecule has 7 heteroatoms. The van der Waals surface area contributed by atoms with Gasteiger partial charge in [-0.15, -0.1) is 11.8 Å². The molecule has 0 saturated heterocycles. The van der Waals surface area contributed by atoms with Crippen molar-refractivity contribution in [2.75, 3.05) is 11.6 Å². The van der Waals surface area contributed by atoms with E-state index in [9.17, 15) is 4.79 Å². The predicted octanol–water partition coefficient (Wildman–Crippen LogP) is 4.36. The lowest BCUT2D eigenvalue weighted by atomic mass is 10.3. The van der Waals surface area contributed by atoms with Crippen molar-refractivity contribution in [2.45, 2.75) is 31.7 Å². The molecule has 0 bridgehead atoms. The minimum atomic E-state index is -0.177. The molecule has 2 heterocycles. The summed E-state index contributed by atoms with van der Waals surface area (Å²) in [5.74, 6) is -0.177. The molecular formula is C16H18N4OS2. The molecule has 0 fully saturated rings. The Morgan fingerprint density at radius 1 is 1.35 bits per heavy atom. The highest BCUT2D eigenvalue weighted by Gasteiger charge is 2.17. The topological polar surface area (TPSA) is 59.8 Å². The fourth-order valence-electron chi connectivity index (χ4n) is 2.33. The third kappa shape index (κ3) is 3.25. The zero-order valence-electron chi connectivity index (χ0n) is 13.5. The molecule has 3 aromatic rings. The van der Waals surface area contributed by atoms with Gasteiger partial charge in [0.1, 0.15) is 5.69 Å². The average molecular weight is 346 g/mol. The second-order valence-electron chi connectivity index (χ2n) is 5.52. The Labute approximate surface area is 143 Å². The first-order valence-corrected chi connectivity index (χ1v) is 9.34. The van der Waals surface area contributed by atoms with Crippen LogP contribution < -0.4 is 5.32 Å². The first-order chi connectivity index (χ1) is 11.0. The van der Waals surface area contributed by atoms with Gasteiger partial charge in [0.05, 0.1) is 15.9 Å². The van der Waals surface area contributed by atoms with Gasteiger partial charge in [0.2, 0.25) is 0 Å². The number of amides is 1. The van der Waals surface area contributed by atoms with Crippen LogP contribution in [0.1, 0.15) is 36.1 Å². The molecule has 0 aliphatic carbocycles. The van der Waals surface area contributed by atoms with Crippen LogP contribution in [0.3, 0.4) is 0 Å². The van der Waals surface area contributed by atoms with Crippen molar-refractivity contribution in [1.82, 2.24) is 14.8 Å². The minimum absolute atomic E-state index is 0.129. The number of aryl methyl sites for hydroxylation is 1. The van der Waals surface area contributed by atoms with Gasteiger partial charge in [-0.2, -0.15) is 5.10 Å². The fourth-order valence-corrected chi connectivity index (χ4v) is 3.74. The van der Waals surface area contributed by atoms with Crippen LogP contribution >= 0.6 is 23.1 Å². The number of anilines is 1. The van der Waals surface area contributed by atoms with Gasteiger partial charge in [-0.3, -0.25) is 14.8 Å². The molecule has 0 unspecified atom stereocenters. The van der Waals surface area contributed by atoms with E-state index in [4.69, 9.17) is 0 Å². The average Bonchev–Trinajstić information content (AvgIpc) is 3.09. The monoisotopic (exact) mass is 346 g/mol. The molecule has 2 aromatic heterocycles. The summed E-state index contributed by atoms with van der Waals surface area (Å²) in [6.45, 7) is 5.90. The van der Waals surface area contributed by atoms with Crippen molar-refractivity contribution in [3.63, 3.8) is 0 Å². The molecule has 3 rings (SSSR count). The number of thiazole rings is 1. The number of carbonyl (C=O) groups is 1. The largest absolute Gasteiger partial charge is 0.296 e. The highest BCUT2D eigenvalue weighted by atomic mass is 32.2. The van der Waals surface area contributed by atoms with Crippen molar-refractivity contribution in [1.29, 1.82) is 0 Å². The van der Waals surface area contributed by atoms with Crippen LogP contribution in [-0.2, 0) is 0 Å². The molecule has 1 amide bonds. The maximum Gasteiger partial charge on any atom is 0.275 e. The molecule has 1 aromatic carbocycles. The Hall–Kier alpha value is -1.86. The molecule has 0 saturated carbocycles. The molecule has 120 valence electrons. The Kier molecular flexibility index (Phi) is 4.41. The van der Waals surface area contributed by atoms with Crippen molar-refractivity contribution >= 4 is 44.4 Å². The van der Waals surface area contributed by atoms with E-state index in [0.29, 0.717) is 10.8 Å². The summed E-state index contributed by atoms with van der Waals surface area (Å²) in [7, 11) is 0. The predicted molar refractivity (Wildman–Crippen MR) is 96.7 cm³/mol. The number of aromatic nitrogens is 3. The fraction of sp³-hybridized carbons (Fsp3) is 0.312. The number of hydrogen-bond donors (Lipinski definition) is 1. The Bertz CT molecular complexity index is 866. The third-order valence-corrected chi connectivity index (χ3v) is 5.05. The number of hydrogen-bond acceptors (Lipinski definition) is 5. The molecule has 1 N–H and O–H groups in total. The van der Waals surface area contributed by atoms with Crippen LogP contribution in [0.2, 0.25) is 0 Å². The third-order valence-electron chi connectivity index (χ3n) is 3.40. The summed E-state index contributed by atoms with van der Waals surface area (Å²) >= 11 is 3.18. The van der Waals surface area contributed by atoms with Gasteiger partial charge in [-0.05, 0) is 51.3 Å². The molecule has 0 radical (unpaired) electrons. The molecule has 0 aliphatic heterocycles. The van der Waals surface area contributed by atoms with Gasteiger partial charge in [-0.25, -0.2) is 4.98 Å². The van der Waals surface area contributed by atoms with Crippen LogP contribution in [0.4, 0.5) is 5.13 Å². The van der Waals surface area contributed by atoms with Crippen molar-refractivity contribution in [3.05, 3.63) is 35.7 Å². The van der Waals surface area contributed by atoms with Crippen LogP contribution in [-0.4, -0.2) is 26.9 Å². The second kappa shape index (κ2) is 6.33. The maximum atomic E-state index is 12.5. The van der Waals surface area contributed by atoms with Crippen LogP contribution in [0, 0.1) is 6.92 Å². The molecule has 0 aliphatic rings. The number of nitrogens with one attached hydrogen (secondary N) is 1. The first-order valence-electron chi connectivity index (χ1n) is 7.30. The van der Waals surface area contributed by atoms with Crippen molar-refractivity contribution < 1.29 is 4.79 Å². The number of nitrogens with zero attached hydrogens (tertiary/aromatic N) is 3. The van der Waals surface area contributed by atoms with E-state index in [-0.39, 0.29) is 11.9 Å². The Balaban J connectivity index is 1.88. The lowest BCUT2D eigenvalue weighted by Crippen LogP contribution is -2.18. The molecule has 5 nitrogen and oxygen atoms in total. The second-order valence-corrected chi connectivity index (χ2v) is 7.43. The number of benzene rings is 1. The zero-order chi connectivity index (χ0) is 16.6. The molecule has 0 atom stereocenters. The summed E-state index contributed by atoms with van der Waals surface area (Å²) in [5.41, 5.74) is 2.29. The summed E-state index contributed by atoms with van der Waals surface area (Å²) in [5, 5.41) is 7.88. The van der Waals surface area contributed by atoms with Gasteiger partial charge in [0.25, 0.3) is 5.91 Å². The summed E-state index contributed by atoms with van der Waals surface area (Å²) in [4.78, 5) is 18.2. The number of fused-ring (bicyclic) bond motifs is 1. The van der Waals surface area contributed by atoms with Crippen LogP contribution in [0.15, 0.2) is 29.2 Å². The number of rotatable bonds is 4. The quantitative estimate of drug-likeness (QED) is 0.713. The maximum absolute atomic E-state index is 12.5. The van der Waals surface area contributed by atoms with E-state index in [0.717, 1.165) is 15.9 Å². The first kappa shape index (κ1) is 16.0. The van der Waals surface area contributed by atoms with Gasteiger partial charge < -0.3 is 0 Å². The van der Waals surface area contributed by atoms with Gasteiger partial charge >= 0.3 is 0 Å². The molecule has 23 heavy (non-hydrogen) atoms.